The maximum Gasteiger partial charge on any atom is 0.304 e. The summed E-state index contributed by atoms with van der Waals surface area (Å²) in [6, 6.07) is 12.4. The summed E-state index contributed by atoms with van der Waals surface area (Å²) in [6.45, 7) is -0.209. The van der Waals surface area contributed by atoms with E-state index in [2.05, 4.69) is 4.72 Å². The van der Waals surface area contributed by atoms with Gasteiger partial charge in [-0.1, -0.05) is 29.8 Å². The van der Waals surface area contributed by atoms with Gasteiger partial charge in [0.2, 0.25) is 10.0 Å². The molecule has 0 spiro atoms. The monoisotopic (exact) mass is 393 g/mol. The lowest BCUT2D eigenvalue weighted by atomic mass is 10.1. The number of halogens is 1. The number of benzene rings is 2. The second kappa shape index (κ2) is 8.75. The number of carbonyl (C=O) groups is 2. The molecule has 0 aliphatic carbocycles. The molecule has 2 aromatic rings. The van der Waals surface area contributed by atoms with E-state index in [0.29, 0.717) is 16.1 Å². The fourth-order valence-electron chi connectivity index (χ4n) is 2.05. The minimum Gasteiger partial charge on any atom is -0.481 e. The Labute approximate surface area is 156 Å². The Bertz CT molecular complexity index is 936. The lowest BCUT2D eigenvalue weighted by Gasteiger charge is -2.06. The molecular weight excluding hydrogens is 378 g/mol. The van der Waals surface area contributed by atoms with Crippen molar-refractivity contribution in [1.29, 1.82) is 0 Å². The molecule has 0 radical (unpaired) electrons. The summed E-state index contributed by atoms with van der Waals surface area (Å²) in [5.74, 6) is -1.40. The molecule has 0 amide bonds. The van der Waals surface area contributed by atoms with Gasteiger partial charge in [-0.15, -0.1) is 0 Å². The maximum absolute atomic E-state index is 12.2. The van der Waals surface area contributed by atoms with E-state index < -0.39 is 16.0 Å². The Balaban J connectivity index is 2.07. The van der Waals surface area contributed by atoms with Gasteiger partial charge in [-0.25, -0.2) is 13.1 Å². The lowest BCUT2D eigenvalue weighted by Crippen LogP contribution is -2.26. The van der Waals surface area contributed by atoms with Crippen LogP contribution in [0.25, 0.3) is 6.08 Å². The van der Waals surface area contributed by atoms with Crippen LogP contribution in [0.15, 0.2) is 59.5 Å². The SMILES string of the molecule is O=C(O)CCNS(=O)(=O)c1ccc(C(=O)/C=C/c2ccccc2Cl)cc1. The van der Waals surface area contributed by atoms with E-state index in [1.807, 2.05) is 0 Å². The van der Waals surface area contributed by atoms with Crippen molar-refractivity contribution in [3.63, 3.8) is 0 Å². The summed E-state index contributed by atoms with van der Waals surface area (Å²) in [5, 5.41) is 9.06. The second-order valence-electron chi connectivity index (χ2n) is 5.28. The highest BCUT2D eigenvalue weighted by Crippen LogP contribution is 2.17. The number of rotatable bonds is 8. The zero-order chi connectivity index (χ0) is 19.2. The van der Waals surface area contributed by atoms with Gasteiger partial charge in [0, 0.05) is 17.1 Å². The molecule has 0 atom stereocenters. The Morgan fingerprint density at radius 3 is 2.35 bits per heavy atom. The van der Waals surface area contributed by atoms with Crippen LogP contribution in [0, 0.1) is 0 Å². The Kier molecular flexibility index (Phi) is 6.68. The molecule has 0 unspecified atom stereocenters. The summed E-state index contributed by atoms with van der Waals surface area (Å²) in [4.78, 5) is 22.6. The smallest absolute Gasteiger partial charge is 0.304 e. The highest BCUT2D eigenvalue weighted by atomic mass is 35.5. The molecule has 0 heterocycles. The van der Waals surface area contributed by atoms with Crippen LogP contribution >= 0.6 is 11.6 Å². The van der Waals surface area contributed by atoms with Crippen LogP contribution in [0.3, 0.4) is 0 Å². The number of allylic oxidation sites excluding steroid dienone is 1. The third-order valence-corrected chi connectivity index (χ3v) is 5.22. The molecule has 0 bridgehead atoms. The number of hydrogen-bond acceptors (Lipinski definition) is 4. The molecule has 136 valence electrons. The quantitative estimate of drug-likeness (QED) is 0.530. The van der Waals surface area contributed by atoms with Gasteiger partial charge < -0.3 is 5.11 Å². The van der Waals surface area contributed by atoms with Crippen molar-refractivity contribution in [3.8, 4) is 0 Å². The van der Waals surface area contributed by atoms with Crippen molar-refractivity contribution >= 4 is 39.5 Å². The molecule has 0 aromatic heterocycles. The summed E-state index contributed by atoms with van der Waals surface area (Å²) in [5.41, 5.74) is 1.02. The molecule has 0 aliphatic rings. The van der Waals surface area contributed by atoms with Gasteiger partial charge in [0.15, 0.2) is 5.78 Å². The first-order valence-corrected chi connectivity index (χ1v) is 9.44. The van der Waals surface area contributed by atoms with E-state index in [1.54, 1.807) is 30.3 Å². The first-order valence-electron chi connectivity index (χ1n) is 7.58. The van der Waals surface area contributed by atoms with Crippen molar-refractivity contribution in [3.05, 3.63) is 70.8 Å². The molecule has 0 aliphatic heterocycles. The van der Waals surface area contributed by atoms with E-state index in [1.165, 1.54) is 30.3 Å². The molecule has 0 fully saturated rings. The van der Waals surface area contributed by atoms with E-state index in [-0.39, 0.29) is 23.6 Å². The van der Waals surface area contributed by atoms with E-state index in [9.17, 15) is 18.0 Å². The lowest BCUT2D eigenvalue weighted by molar-refractivity contribution is -0.136. The van der Waals surface area contributed by atoms with Crippen molar-refractivity contribution < 1.29 is 23.1 Å². The fraction of sp³-hybridized carbons (Fsp3) is 0.111. The van der Waals surface area contributed by atoms with Crippen molar-refractivity contribution in [2.24, 2.45) is 0 Å². The third-order valence-electron chi connectivity index (χ3n) is 3.40. The fourth-order valence-corrected chi connectivity index (χ4v) is 3.28. The summed E-state index contributed by atoms with van der Waals surface area (Å²) in [6.07, 6.45) is 2.63. The number of ketones is 1. The zero-order valence-electron chi connectivity index (χ0n) is 13.6. The van der Waals surface area contributed by atoms with Gasteiger partial charge in [-0.05, 0) is 48.0 Å². The standard InChI is InChI=1S/C18H16ClNO5S/c19-16-4-2-1-3-13(16)7-10-17(21)14-5-8-15(9-6-14)26(24,25)20-12-11-18(22)23/h1-10,20H,11-12H2,(H,22,23)/b10-7+. The first kappa shape index (κ1) is 19.8. The van der Waals surface area contributed by atoms with Crippen LogP contribution in [0.1, 0.15) is 22.3 Å². The number of carboxylic acids is 1. The van der Waals surface area contributed by atoms with Gasteiger partial charge >= 0.3 is 5.97 Å². The summed E-state index contributed by atoms with van der Waals surface area (Å²) >= 11 is 6.01. The van der Waals surface area contributed by atoms with Crippen molar-refractivity contribution in [2.75, 3.05) is 6.54 Å². The highest BCUT2D eigenvalue weighted by Gasteiger charge is 2.14. The van der Waals surface area contributed by atoms with Gasteiger partial charge in [0.25, 0.3) is 0 Å². The largest absolute Gasteiger partial charge is 0.481 e. The van der Waals surface area contributed by atoms with Crippen molar-refractivity contribution in [2.45, 2.75) is 11.3 Å². The molecule has 0 saturated carbocycles. The molecule has 2 aromatic carbocycles. The number of carbonyl (C=O) groups excluding carboxylic acids is 1. The summed E-state index contributed by atoms with van der Waals surface area (Å²) in [7, 11) is -3.82. The zero-order valence-corrected chi connectivity index (χ0v) is 15.1. The van der Waals surface area contributed by atoms with Crippen LogP contribution in [0.4, 0.5) is 0 Å². The van der Waals surface area contributed by atoms with E-state index >= 15 is 0 Å². The topological polar surface area (TPSA) is 101 Å². The van der Waals surface area contributed by atoms with Crippen LogP contribution in [0.2, 0.25) is 5.02 Å². The number of sulfonamides is 1. The van der Waals surface area contributed by atoms with E-state index in [4.69, 9.17) is 16.7 Å². The third kappa shape index (κ3) is 5.52. The second-order valence-corrected chi connectivity index (χ2v) is 7.46. The van der Waals surface area contributed by atoms with Gasteiger partial charge in [0.1, 0.15) is 0 Å². The summed E-state index contributed by atoms with van der Waals surface area (Å²) < 4.78 is 26.2. The number of nitrogens with one attached hydrogen (secondary N) is 1. The Morgan fingerprint density at radius 1 is 1.08 bits per heavy atom. The Morgan fingerprint density at radius 2 is 1.73 bits per heavy atom. The number of carboxylic acid groups (broad SMARTS) is 1. The number of hydrogen-bond donors (Lipinski definition) is 2. The molecule has 26 heavy (non-hydrogen) atoms. The van der Waals surface area contributed by atoms with Crippen LogP contribution in [-0.2, 0) is 14.8 Å². The Hall–Kier alpha value is -2.48. The molecule has 6 nitrogen and oxygen atoms in total. The van der Waals surface area contributed by atoms with Gasteiger partial charge in [-0.2, -0.15) is 0 Å². The predicted molar refractivity (Wildman–Crippen MR) is 98.7 cm³/mol. The molecule has 2 rings (SSSR count). The predicted octanol–water partition coefficient (Wildman–Crippen LogP) is 2.99. The van der Waals surface area contributed by atoms with Gasteiger partial charge in [0.05, 0.1) is 11.3 Å². The normalized spacial score (nSPS) is 11.6. The minimum atomic E-state index is -3.82. The number of aliphatic carboxylic acids is 1. The molecule has 8 heteroatoms. The van der Waals surface area contributed by atoms with Gasteiger partial charge in [-0.3, -0.25) is 9.59 Å². The van der Waals surface area contributed by atoms with Crippen LogP contribution in [0.5, 0.6) is 0 Å². The van der Waals surface area contributed by atoms with Crippen LogP contribution in [-0.4, -0.2) is 31.8 Å². The highest BCUT2D eigenvalue weighted by molar-refractivity contribution is 7.89. The minimum absolute atomic E-state index is 0.0467. The molecule has 0 saturated heterocycles. The average Bonchev–Trinajstić information content (AvgIpc) is 2.60. The maximum atomic E-state index is 12.2. The molecular formula is C18H16ClNO5S. The first-order chi connectivity index (χ1) is 12.3. The van der Waals surface area contributed by atoms with Crippen molar-refractivity contribution in [1.82, 2.24) is 4.72 Å². The molecule has 2 N–H and O–H groups in total. The van der Waals surface area contributed by atoms with Crippen LogP contribution < -0.4 is 4.72 Å². The van der Waals surface area contributed by atoms with E-state index in [0.717, 1.165) is 0 Å². The average molecular weight is 394 g/mol.